The largest absolute Gasteiger partial charge is 0.354 e. The highest BCUT2D eigenvalue weighted by atomic mass is 16.1. The standard InChI is InChI=1S/C20H16N2O/c23-20(16-7-4-12-21-13-16)17-8-3-6-15-11-10-14-5-1-2-9-18(14)22-19(15)17/h1-9,12-13,22H,10-11H2. The van der Waals surface area contributed by atoms with Crippen LogP contribution in [0.25, 0.3) is 0 Å². The SMILES string of the molecule is O=C(c1cccnc1)c1cccc2c1Nc1ccccc1CC2. The number of benzene rings is 2. The highest BCUT2D eigenvalue weighted by Gasteiger charge is 2.19. The van der Waals surface area contributed by atoms with Crippen LogP contribution in [0.5, 0.6) is 0 Å². The highest BCUT2D eigenvalue weighted by Crippen LogP contribution is 2.33. The molecule has 1 aliphatic heterocycles. The Balaban J connectivity index is 1.82. The Kier molecular flexibility index (Phi) is 3.39. The highest BCUT2D eigenvalue weighted by molar-refractivity contribution is 6.13. The van der Waals surface area contributed by atoms with Gasteiger partial charge in [0.15, 0.2) is 5.78 Å². The fourth-order valence-electron chi connectivity index (χ4n) is 3.06. The molecule has 0 bridgehead atoms. The number of nitrogens with zero attached hydrogens (tertiary/aromatic N) is 1. The summed E-state index contributed by atoms with van der Waals surface area (Å²) in [6, 6.07) is 17.8. The van der Waals surface area contributed by atoms with Crippen LogP contribution in [0.2, 0.25) is 0 Å². The number of carbonyl (C=O) groups is 1. The number of fused-ring (bicyclic) bond motifs is 2. The van der Waals surface area contributed by atoms with Gasteiger partial charge in [0, 0.05) is 29.2 Å². The van der Waals surface area contributed by atoms with E-state index in [9.17, 15) is 4.79 Å². The number of para-hydroxylation sites is 2. The summed E-state index contributed by atoms with van der Waals surface area (Å²) in [5.74, 6) is 0.00170. The number of aryl methyl sites for hydroxylation is 2. The van der Waals surface area contributed by atoms with Crippen molar-refractivity contribution in [3.05, 3.63) is 89.2 Å². The van der Waals surface area contributed by atoms with Gasteiger partial charge in [-0.15, -0.1) is 0 Å². The van der Waals surface area contributed by atoms with Gasteiger partial charge < -0.3 is 5.32 Å². The smallest absolute Gasteiger partial charge is 0.196 e. The second-order valence-corrected chi connectivity index (χ2v) is 5.69. The summed E-state index contributed by atoms with van der Waals surface area (Å²) in [5.41, 5.74) is 5.77. The van der Waals surface area contributed by atoms with Gasteiger partial charge in [-0.2, -0.15) is 0 Å². The van der Waals surface area contributed by atoms with E-state index in [1.54, 1.807) is 24.5 Å². The molecule has 3 nitrogen and oxygen atoms in total. The molecule has 0 aliphatic carbocycles. The van der Waals surface area contributed by atoms with Gasteiger partial charge in [0.2, 0.25) is 0 Å². The zero-order valence-electron chi connectivity index (χ0n) is 12.6. The Hall–Kier alpha value is -2.94. The summed E-state index contributed by atoms with van der Waals surface area (Å²) in [5, 5.41) is 3.48. The minimum absolute atomic E-state index is 0.00170. The number of rotatable bonds is 2. The van der Waals surface area contributed by atoms with Crippen molar-refractivity contribution in [1.29, 1.82) is 0 Å². The maximum absolute atomic E-state index is 12.9. The molecule has 2 heterocycles. The fourth-order valence-corrected chi connectivity index (χ4v) is 3.06. The third kappa shape index (κ3) is 2.50. The summed E-state index contributed by atoms with van der Waals surface area (Å²) in [7, 11) is 0. The molecular weight excluding hydrogens is 284 g/mol. The number of carbonyl (C=O) groups excluding carboxylic acids is 1. The Bertz CT molecular complexity index is 872. The molecule has 3 heteroatoms. The molecule has 0 amide bonds. The number of pyridine rings is 1. The van der Waals surface area contributed by atoms with Crippen LogP contribution in [0, 0.1) is 0 Å². The van der Waals surface area contributed by atoms with E-state index in [2.05, 4.69) is 34.6 Å². The average molecular weight is 300 g/mol. The van der Waals surface area contributed by atoms with Gasteiger partial charge in [-0.05, 0) is 48.2 Å². The lowest BCUT2D eigenvalue weighted by Gasteiger charge is -2.14. The van der Waals surface area contributed by atoms with Crippen LogP contribution in [-0.2, 0) is 12.8 Å². The van der Waals surface area contributed by atoms with Crippen LogP contribution in [0.3, 0.4) is 0 Å². The first kappa shape index (κ1) is 13.7. The first-order chi connectivity index (χ1) is 11.3. The monoisotopic (exact) mass is 300 g/mol. The Labute approximate surface area is 135 Å². The van der Waals surface area contributed by atoms with Crippen molar-refractivity contribution in [2.45, 2.75) is 12.8 Å². The van der Waals surface area contributed by atoms with Gasteiger partial charge in [-0.25, -0.2) is 0 Å². The topological polar surface area (TPSA) is 42.0 Å². The quantitative estimate of drug-likeness (QED) is 0.723. The molecule has 23 heavy (non-hydrogen) atoms. The maximum atomic E-state index is 12.9. The van der Waals surface area contributed by atoms with E-state index in [1.807, 2.05) is 18.2 Å². The van der Waals surface area contributed by atoms with Gasteiger partial charge in [0.05, 0.1) is 5.69 Å². The molecule has 0 unspecified atom stereocenters. The van der Waals surface area contributed by atoms with Gasteiger partial charge in [-0.1, -0.05) is 30.3 Å². The second-order valence-electron chi connectivity index (χ2n) is 5.69. The average Bonchev–Trinajstić information content (AvgIpc) is 2.81. The lowest BCUT2D eigenvalue weighted by atomic mass is 9.97. The molecule has 4 rings (SSSR count). The van der Waals surface area contributed by atoms with Crippen molar-refractivity contribution < 1.29 is 4.79 Å². The summed E-state index contributed by atoms with van der Waals surface area (Å²) in [6.45, 7) is 0. The Morgan fingerprint density at radius 1 is 0.913 bits per heavy atom. The van der Waals surface area contributed by atoms with E-state index in [4.69, 9.17) is 0 Å². The van der Waals surface area contributed by atoms with Gasteiger partial charge in [-0.3, -0.25) is 9.78 Å². The molecule has 112 valence electrons. The maximum Gasteiger partial charge on any atom is 0.196 e. The van der Waals surface area contributed by atoms with Crippen LogP contribution >= 0.6 is 0 Å². The van der Waals surface area contributed by atoms with Crippen molar-refractivity contribution in [3.63, 3.8) is 0 Å². The van der Waals surface area contributed by atoms with E-state index in [0.717, 1.165) is 24.2 Å². The zero-order valence-corrected chi connectivity index (χ0v) is 12.6. The minimum Gasteiger partial charge on any atom is -0.354 e. The fraction of sp³-hybridized carbons (Fsp3) is 0.100. The number of hydrogen-bond donors (Lipinski definition) is 1. The Morgan fingerprint density at radius 3 is 2.61 bits per heavy atom. The first-order valence-corrected chi connectivity index (χ1v) is 7.74. The lowest BCUT2D eigenvalue weighted by Crippen LogP contribution is -2.07. The van der Waals surface area contributed by atoms with Crippen molar-refractivity contribution in [2.24, 2.45) is 0 Å². The molecule has 3 aromatic rings. The van der Waals surface area contributed by atoms with E-state index in [-0.39, 0.29) is 5.78 Å². The van der Waals surface area contributed by atoms with Crippen LogP contribution in [0.15, 0.2) is 67.0 Å². The molecule has 1 aliphatic rings. The third-order valence-electron chi connectivity index (χ3n) is 4.26. The number of aromatic nitrogens is 1. The molecule has 0 saturated heterocycles. The van der Waals surface area contributed by atoms with Gasteiger partial charge in [0.25, 0.3) is 0 Å². The second kappa shape index (κ2) is 5.69. The van der Waals surface area contributed by atoms with E-state index in [1.165, 1.54) is 11.1 Å². The summed E-state index contributed by atoms with van der Waals surface area (Å²) in [6.07, 6.45) is 5.19. The van der Waals surface area contributed by atoms with E-state index < -0.39 is 0 Å². The van der Waals surface area contributed by atoms with Crippen molar-refractivity contribution >= 4 is 17.2 Å². The zero-order chi connectivity index (χ0) is 15.6. The molecule has 1 aromatic heterocycles. The number of anilines is 2. The summed E-state index contributed by atoms with van der Waals surface area (Å²) < 4.78 is 0. The van der Waals surface area contributed by atoms with Gasteiger partial charge in [0.1, 0.15) is 0 Å². The third-order valence-corrected chi connectivity index (χ3v) is 4.26. The molecule has 2 aromatic carbocycles. The van der Waals surface area contributed by atoms with Crippen LogP contribution in [0.4, 0.5) is 11.4 Å². The van der Waals surface area contributed by atoms with E-state index >= 15 is 0 Å². The number of nitrogens with one attached hydrogen (secondary N) is 1. The number of ketones is 1. The predicted octanol–water partition coefficient (Wildman–Crippen LogP) is 4.15. The molecule has 0 radical (unpaired) electrons. The Morgan fingerprint density at radius 2 is 1.74 bits per heavy atom. The van der Waals surface area contributed by atoms with Gasteiger partial charge >= 0.3 is 0 Å². The molecule has 0 saturated carbocycles. The number of hydrogen-bond acceptors (Lipinski definition) is 3. The molecule has 0 fully saturated rings. The molecular formula is C20H16N2O. The molecule has 0 atom stereocenters. The first-order valence-electron chi connectivity index (χ1n) is 7.74. The van der Waals surface area contributed by atoms with Crippen LogP contribution < -0.4 is 5.32 Å². The molecule has 0 spiro atoms. The predicted molar refractivity (Wildman–Crippen MR) is 91.2 cm³/mol. The van der Waals surface area contributed by atoms with Crippen LogP contribution in [-0.4, -0.2) is 10.8 Å². The van der Waals surface area contributed by atoms with Crippen molar-refractivity contribution in [1.82, 2.24) is 4.98 Å². The van der Waals surface area contributed by atoms with E-state index in [0.29, 0.717) is 11.1 Å². The summed E-state index contributed by atoms with van der Waals surface area (Å²) >= 11 is 0. The van der Waals surface area contributed by atoms with Crippen molar-refractivity contribution in [3.8, 4) is 0 Å². The normalized spacial score (nSPS) is 12.5. The summed E-state index contributed by atoms with van der Waals surface area (Å²) in [4.78, 5) is 16.9. The molecule has 1 N–H and O–H groups in total. The van der Waals surface area contributed by atoms with Crippen molar-refractivity contribution in [2.75, 3.05) is 5.32 Å². The van der Waals surface area contributed by atoms with Crippen LogP contribution in [0.1, 0.15) is 27.0 Å². The lowest BCUT2D eigenvalue weighted by molar-refractivity contribution is 0.103. The minimum atomic E-state index is 0.00170.